The zero-order valence-corrected chi connectivity index (χ0v) is 14.9. The summed E-state index contributed by atoms with van der Waals surface area (Å²) in [5.41, 5.74) is 1.37. The van der Waals surface area contributed by atoms with Crippen LogP contribution in [-0.2, 0) is 4.79 Å². The van der Waals surface area contributed by atoms with Crippen LogP contribution < -0.4 is 10.1 Å². The lowest BCUT2D eigenvalue weighted by atomic mass is 10.2. The summed E-state index contributed by atoms with van der Waals surface area (Å²) in [4.78, 5) is 17.0. The molecule has 3 rings (SSSR count). The zero-order chi connectivity index (χ0) is 17.1. The number of thioether (sulfide) groups is 1. The molecule has 1 fully saturated rings. The Kier molecular flexibility index (Phi) is 5.14. The van der Waals surface area contributed by atoms with Gasteiger partial charge in [-0.3, -0.25) is 4.79 Å². The minimum absolute atomic E-state index is 0.213. The number of hydrogen-bond acceptors (Lipinski definition) is 4. The van der Waals surface area contributed by atoms with E-state index in [1.54, 1.807) is 31.4 Å². The van der Waals surface area contributed by atoms with Crippen LogP contribution in [0, 0.1) is 0 Å². The molecule has 24 heavy (non-hydrogen) atoms. The molecule has 0 unspecified atom stereocenters. The van der Waals surface area contributed by atoms with Crippen LogP contribution in [0.2, 0.25) is 10.0 Å². The fourth-order valence-corrected chi connectivity index (χ4v) is 3.37. The Morgan fingerprint density at radius 2 is 2.00 bits per heavy atom. The van der Waals surface area contributed by atoms with Crippen LogP contribution in [0.1, 0.15) is 5.56 Å². The first kappa shape index (κ1) is 16.9. The third kappa shape index (κ3) is 3.75. The molecule has 1 aliphatic heterocycles. The summed E-state index contributed by atoms with van der Waals surface area (Å²) in [7, 11) is 1.59. The standard InChI is InChI=1S/C17H12Cl2N2O2S/c1-23-14-5-3-2-4-10(14)8-15-16(22)21-17(24-15)20-13-7-6-11(18)9-12(13)19/h2-9H,1H3,(H,20,21,22)/b15-8+. The quantitative estimate of drug-likeness (QED) is 0.773. The summed E-state index contributed by atoms with van der Waals surface area (Å²) >= 11 is 13.2. The van der Waals surface area contributed by atoms with Crippen molar-refractivity contribution in [1.82, 2.24) is 5.32 Å². The van der Waals surface area contributed by atoms with Crippen molar-refractivity contribution in [2.45, 2.75) is 0 Å². The van der Waals surface area contributed by atoms with Crippen molar-refractivity contribution in [3.63, 3.8) is 0 Å². The summed E-state index contributed by atoms with van der Waals surface area (Å²) in [5.74, 6) is 0.485. The average Bonchev–Trinajstić information content (AvgIpc) is 2.90. The van der Waals surface area contributed by atoms with E-state index in [4.69, 9.17) is 27.9 Å². The van der Waals surface area contributed by atoms with Crippen LogP contribution in [-0.4, -0.2) is 18.2 Å². The molecule has 1 saturated heterocycles. The van der Waals surface area contributed by atoms with Crippen LogP contribution in [0.15, 0.2) is 52.4 Å². The summed E-state index contributed by atoms with van der Waals surface area (Å²) in [6.45, 7) is 0. The zero-order valence-electron chi connectivity index (χ0n) is 12.5. The molecule has 7 heteroatoms. The van der Waals surface area contributed by atoms with E-state index in [1.807, 2.05) is 24.3 Å². The predicted octanol–water partition coefficient (Wildman–Crippen LogP) is 4.89. The van der Waals surface area contributed by atoms with Crippen molar-refractivity contribution in [2.24, 2.45) is 4.99 Å². The fraction of sp³-hybridized carbons (Fsp3) is 0.0588. The molecule has 0 spiro atoms. The van der Waals surface area contributed by atoms with Gasteiger partial charge in [-0.2, -0.15) is 0 Å². The summed E-state index contributed by atoms with van der Waals surface area (Å²) in [5, 5.41) is 4.14. The number of amidine groups is 1. The fourth-order valence-electron chi connectivity index (χ4n) is 2.09. The largest absolute Gasteiger partial charge is 0.496 e. The lowest BCUT2D eigenvalue weighted by Gasteiger charge is -2.03. The first-order chi connectivity index (χ1) is 11.6. The van der Waals surface area contributed by atoms with E-state index in [1.165, 1.54) is 11.8 Å². The Morgan fingerprint density at radius 1 is 1.21 bits per heavy atom. The molecule has 1 aliphatic rings. The molecule has 2 aromatic carbocycles. The number of carbonyl (C=O) groups is 1. The molecule has 4 nitrogen and oxygen atoms in total. The molecule has 0 bridgehead atoms. The van der Waals surface area contributed by atoms with Gasteiger partial charge in [0, 0.05) is 10.6 Å². The molecule has 0 aliphatic carbocycles. The van der Waals surface area contributed by atoms with Crippen LogP contribution in [0.3, 0.4) is 0 Å². The molecule has 1 heterocycles. The van der Waals surface area contributed by atoms with Crippen LogP contribution >= 0.6 is 35.0 Å². The average molecular weight is 379 g/mol. The second-order valence-corrected chi connectivity index (χ2v) is 6.69. The van der Waals surface area contributed by atoms with Gasteiger partial charge < -0.3 is 10.1 Å². The van der Waals surface area contributed by atoms with E-state index in [0.717, 1.165) is 5.56 Å². The van der Waals surface area contributed by atoms with Gasteiger partial charge in [-0.05, 0) is 42.1 Å². The number of carbonyl (C=O) groups excluding carboxylic acids is 1. The number of aliphatic imine (C=N–C) groups is 1. The first-order valence-electron chi connectivity index (χ1n) is 6.94. The number of methoxy groups -OCH3 is 1. The maximum absolute atomic E-state index is 12.1. The highest BCUT2D eigenvalue weighted by molar-refractivity contribution is 8.18. The molecule has 0 atom stereocenters. The number of halogens is 2. The molecular formula is C17H12Cl2N2O2S. The number of ether oxygens (including phenoxy) is 1. The van der Waals surface area contributed by atoms with Crippen molar-refractivity contribution in [2.75, 3.05) is 7.11 Å². The number of benzene rings is 2. The van der Waals surface area contributed by atoms with Gasteiger partial charge in [0.2, 0.25) is 0 Å². The van der Waals surface area contributed by atoms with Gasteiger partial charge in [0.25, 0.3) is 5.91 Å². The maximum Gasteiger partial charge on any atom is 0.264 e. The molecule has 122 valence electrons. The number of amides is 1. The van der Waals surface area contributed by atoms with Crippen LogP contribution in [0.25, 0.3) is 6.08 Å². The lowest BCUT2D eigenvalue weighted by Crippen LogP contribution is -2.19. The Hall–Kier alpha value is -1.95. The smallest absolute Gasteiger partial charge is 0.264 e. The Balaban J connectivity index is 1.88. The molecule has 0 saturated carbocycles. The van der Waals surface area contributed by atoms with Gasteiger partial charge >= 0.3 is 0 Å². The van der Waals surface area contributed by atoms with Gasteiger partial charge in [0.15, 0.2) is 5.17 Å². The molecule has 1 amide bonds. The molecule has 1 N–H and O–H groups in total. The van der Waals surface area contributed by atoms with E-state index in [9.17, 15) is 4.79 Å². The molecular weight excluding hydrogens is 367 g/mol. The Morgan fingerprint density at radius 3 is 2.75 bits per heavy atom. The number of nitrogens with zero attached hydrogens (tertiary/aromatic N) is 1. The monoisotopic (exact) mass is 378 g/mol. The van der Waals surface area contributed by atoms with Crippen molar-refractivity contribution >= 4 is 57.8 Å². The lowest BCUT2D eigenvalue weighted by molar-refractivity contribution is -0.115. The van der Waals surface area contributed by atoms with E-state index in [0.29, 0.717) is 31.6 Å². The third-order valence-corrected chi connectivity index (χ3v) is 4.66. The van der Waals surface area contributed by atoms with Crippen molar-refractivity contribution in [1.29, 1.82) is 0 Å². The Labute approximate surface area is 153 Å². The van der Waals surface area contributed by atoms with Gasteiger partial charge in [-0.1, -0.05) is 41.4 Å². The maximum atomic E-state index is 12.1. The summed E-state index contributed by atoms with van der Waals surface area (Å²) in [6.07, 6.45) is 1.77. The van der Waals surface area contributed by atoms with Gasteiger partial charge in [-0.25, -0.2) is 4.99 Å². The second kappa shape index (κ2) is 7.30. The normalized spacial score (nSPS) is 17.4. The van der Waals surface area contributed by atoms with Gasteiger partial charge in [0.1, 0.15) is 5.75 Å². The van der Waals surface area contributed by atoms with E-state index >= 15 is 0 Å². The van der Waals surface area contributed by atoms with Crippen molar-refractivity contribution in [3.8, 4) is 5.75 Å². The first-order valence-corrected chi connectivity index (χ1v) is 8.52. The van der Waals surface area contributed by atoms with E-state index in [-0.39, 0.29) is 5.91 Å². The minimum atomic E-state index is -0.213. The number of rotatable bonds is 3. The highest BCUT2D eigenvalue weighted by Crippen LogP contribution is 2.33. The number of hydrogen-bond donors (Lipinski definition) is 1. The van der Waals surface area contributed by atoms with Crippen LogP contribution in [0.5, 0.6) is 5.75 Å². The van der Waals surface area contributed by atoms with E-state index in [2.05, 4.69) is 10.3 Å². The van der Waals surface area contributed by atoms with Crippen LogP contribution in [0.4, 0.5) is 5.69 Å². The third-order valence-electron chi connectivity index (χ3n) is 3.21. The van der Waals surface area contributed by atoms with Gasteiger partial charge in [-0.15, -0.1) is 0 Å². The highest BCUT2D eigenvalue weighted by atomic mass is 35.5. The van der Waals surface area contributed by atoms with Crippen molar-refractivity contribution < 1.29 is 9.53 Å². The number of nitrogens with one attached hydrogen (secondary N) is 1. The SMILES string of the molecule is COc1ccccc1/C=C1/SC(=Nc2ccc(Cl)cc2Cl)NC1=O. The topological polar surface area (TPSA) is 50.7 Å². The minimum Gasteiger partial charge on any atom is -0.496 e. The van der Waals surface area contributed by atoms with E-state index < -0.39 is 0 Å². The molecule has 2 aromatic rings. The number of para-hydroxylation sites is 1. The molecule has 0 aromatic heterocycles. The Bertz CT molecular complexity index is 865. The summed E-state index contributed by atoms with van der Waals surface area (Å²) in [6, 6.07) is 12.5. The van der Waals surface area contributed by atoms with Gasteiger partial charge in [0.05, 0.1) is 22.7 Å². The predicted molar refractivity (Wildman–Crippen MR) is 100 cm³/mol. The molecule has 0 radical (unpaired) electrons. The van der Waals surface area contributed by atoms with Crippen molar-refractivity contribution in [3.05, 3.63) is 63.0 Å². The highest BCUT2D eigenvalue weighted by Gasteiger charge is 2.24. The second-order valence-electron chi connectivity index (χ2n) is 4.82. The summed E-state index contributed by atoms with van der Waals surface area (Å²) < 4.78 is 5.29.